The highest BCUT2D eigenvalue weighted by molar-refractivity contribution is 5.98. The Morgan fingerprint density at radius 3 is 2.76 bits per heavy atom. The Labute approximate surface area is 125 Å². The maximum absolute atomic E-state index is 13.3. The van der Waals surface area contributed by atoms with Crippen molar-refractivity contribution >= 4 is 11.7 Å². The molecule has 1 aromatic rings. The fraction of sp³-hybridized carbons (Fsp3) is 0.600. The molecule has 0 atom stereocenters. The monoisotopic (exact) mass is 296 g/mol. The third-order valence-corrected chi connectivity index (χ3v) is 2.96. The summed E-state index contributed by atoms with van der Waals surface area (Å²) in [7, 11) is 4.03. The number of halogens is 1. The van der Waals surface area contributed by atoms with E-state index in [0.717, 1.165) is 32.0 Å². The van der Waals surface area contributed by atoms with E-state index < -0.39 is 5.82 Å². The molecule has 0 radical (unpaired) electrons. The second-order valence-corrected chi connectivity index (χ2v) is 5.24. The van der Waals surface area contributed by atoms with Gasteiger partial charge in [0.25, 0.3) is 5.91 Å². The van der Waals surface area contributed by atoms with Gasteiger partial charge in [-0.3, -0.25) is 4.79 Å². The van der Waals surface area contributed by atoms with Crippen LogP contribution in [-0.4, -0.2) is 49.5 Å². The molecule has 0 unspecified atom stereocenters. The van der Waals surface area contributed by atoms with E-state index in [4.69, 9.17) is 0 Å². The van der Waals surface area contributed by atoms with Crippen LogP contribution in [0, 0.1) is 5.82 Å². The summed E-state index contributed by atoms with van der Waals surface area (Å²) < 4.78 is 13.3. The second-order valence-electron chi connectivity index (χ2n) is 5.24. The average Bonchev–Trinajstić information content (AvgIpc) is 2.45. The highest BCUT2D eigenvalue weighted by Crippen LogP contribution is 2.13. The molecule has 1 rings (SSSR count). The molecule has 0 spiro atoms. The van der Waals surface area contributed by atoms with Gasteiger partial charge in [0.2, 0.25) is 0 Å². The van der Waals surface area contributed by atoms with Crippen LogP contribution in [0.1, 0.15) is 36.5 Å². The smallest absolute Gasteiger partial charge is 0.255 e. The molecular weight excluding hydrogens is 271 g/mol. The number of aromatic nitrogens is 1. The lowest BCUT2D eigenvalue weighted by atomic mass is 10.2. The first kappa shape index (κ1) is 17.4. The van der Waals surface area contributed by atoms with Crippen molar-refractivity contribution in [1.82, 2.24) is 15.2 Å². The van der Waals surface area contributed by atoms with Crippen LogP contribution < -0.4 is 10.6 Å². The Morgan fingerprint density at radius 2 is 2.10 bits per heavy atom. The van der Waals surface area contributed by atoms with E-state index in [0.29, 0.717) is 18.9 Å². The number of hydrogen-bond donors (Lipinski definition) is 2. The van der Waals surface area contributed by atoms with Gasteiger partial charge in [0.05, 0.1) is 11.8 Å². The molecule has 6 heteroatoms. The van der Waals surface area contributed by atoms with E-state index in [1.165, 1.54) is 6.07 Å². The average molecular weight is 296 g/mol. The lowest BCUT2D eigenvalue weighted by molar-refractivity contribution is 0.0953. The number of carbonyl (C=O) groups is 1. The lowest BCUT2D eigenvalue weighted by Gasteiger charge is -2.12. The van der Waals surface area contributed by atoms with Gasteiger partial charge in [-0.1, -0.05) is 6.92 Å². The molecule has 0 saturated carbocycles. The second kappa shape index (κ2) is 9.28. The van der Waals surface area contributed by atoms with Crippen LogP contribution in [0.2, 0.25) is 0 Å². The number of carbonyl (C=O) groups excluding carboxylic acids is 1. The molecule has 118 valence electrons. The third-order valence-electron chi connectivity index (χ3n) is 2.96. The highest BCUT2D eigenvalue weighted by Gasteiger charge is 2.13. The summed E-state index contributed by atoms with van der Waals surface area (Å²) in [5, 5.41) is 5.85. The van der Waals surface area contributed by atoms with Gasteiger partial charge in [0.15, 0.2) is 0 Å². The number of nitrogens with zero attached hydrogens (tertiary/aromatic N) is 2. The predicted octanol–water partition coefficient (Wildman–Crippen LogP) is 2.11. The molecule has 0 bridgehead atoms. The van der Waals surface area contributed by atoms with Crippen LogP contribution in [0.4, 0.5) is 10.2 Å². The predicted molar refractivity (Wildman–Crippen MR) is 83.1 cm³/mol. The van der Waals surface area contributed by atoms with Crippen LogP contribution in [-0.2, 0) is 0 Å². The largest absolute Gasteiger partial charge is 0.369 e. The van der Waals surface area contributed by atoms with Gasteiger partial charge in [-0.25, -0.2) is 9.37 Å². The maximum atomic E-state index is 13.3. The summed E-state index contributed by atoms with van der Waals surface area (Å²) in [6, 6.07) is 1.22. The summed E-state index contributed by atoms with van der Waals surface area (Å²) in [4.78, 5) is 18.2. The molecule has 0 aliphatic heterocycles. The Hall–Kier alpha value is -1.69. The van der Waals surface area contributed by atoms with Crippen LogP contribution >= 0.6 is 0 Å². The van der Waals surface area contributed by atoms with Gasteiger partial charge in [0, 0.05) is 13.1 Å². The van der Waals surface area contributed by atoms with Crippen LogP contribution in [0.25, 0.3) is 0 Å². The Bertz CT molecular complexity index is 451. The first-order chi connectivity index (χ1) is 10.0. The minimum atomic E-state index is -0.505. The summed E-state index contributed by atoms with van der Waals surface area (Å²) in [5.41, 5.74) is 0.260. The summed E-state index contributed by atoms with van der Waals surface area (Å²) in [6.07, 6.45) is 3.93. The van der Waals surface area contributed by atoms with Crippen molar-refractivity contribution in [2.24, 2.45) is 0 Å². The number of amides is 1. The Balaban J connectivity index is 2.53. The van der Waals surface area contributed by atoms with Crippen molar-refractivity contribution in [2.75, 3.05) is 39.0 Å². The molecule has 1 amide bonds. The fourth-order valence-electron chi connectivity index (χ4n) is 1.85. The molecule has 2 N–H and O–H groups in total. The van der Waals surface area contributed by atoms with Crippen molar-refractivity contribution in [3.8, 4) is 0 Å². The minimum Gasteiger partial charge on any atom is -0.369 e. The molecule has 21 heavy (non-hydrogen) atoms. The van der Waals surface area contributed by atoms with Crippen molar-refractivity contribution in [3.05, 3.63) is 23.6 Å². The Kier molecular flexibility index (Phi) is 7.68. The first-order valence-corrected chi connectivity index (χ1v) is 7.37. The molecule has 0 saturated heterocycles. The molecule has 0 aliphatic carbocycles. The van der Waals surface area contributed by atoms with Gasteiger partial charge in [-0.05, 0) is 46.0 Å². The van der Waals surface area contributed by atoms with Gasteiger partial charge in [-0.15, -0.1) is 0 Å². The molecule has 1 heterocycles. The van der Waals surface area contributed by atoms with Crippen LogP contribution in [0.15, 0.2) is 12.3 Å². The van der Waals surface area contributed by atoms with E-state index in [2.05, 4.69) is 20.5 Å². The van der Waals surface area contributed by atoms with Crippen LogP contribution in [0.3, 0.4) is 0 Å². The zero-order chi connectivity index (χ0) is 15.7. The summed E-state index contributed by atoms with van der Waals surface area (Å²) >= 11 is 0. The normalized spacial score (nSPS) is 10.7. The number of nitrogens with one attached hydrogen (secondary N) is 2. The number of pyridine rings is 1. The summed E-state index contributed by atoms with van der Waals surface area (Å²) in [6.45, 7) is 4.28. The van der Waals surface area contributed by atoms with Gasteiger partial charge < -0.3 is 15.5 Å². The summed E-state index contributed by atoms with van der Waals surface area (Å²) in [5.74, 6) is -0.357. The standard InChI is InChI=1S/C15H25FN4O/c1-4-7-17-14-13(10-12(16)11-19-14)15(21)18-8-5-6-9-20(2)3/h10-11H,4-9H2,1-3H3,(H,17,19)(H,18,21). The van der Waals surface area contributed by atoms with E-state index in [1.54, 1.807) is 0 Å². The van der Waals surface area contributed by atoms with E-state index in [1.807, 2.05) is 21.0 Å². The SMILES string of the molecule is CCCNc1ncc(F)cc1C(=O)NCCCCN(C)C. The highest BCUT2D eigenvalue weighted by atomic mass is 19.1. The molecule has 0 fully saturated rings. The van der Waals surface area contributed by atoms with Gasteiger partial charge in [-0.2, -0.15) is 0 Å². The van der Waals surface area contributed by atoms with Crippen molar-refractivity contribution in [3.63, 3.8) is 0 Å². The van der Waals surface area contributed by atoms with E-state index in [-0.39, 0.29) is 11.5 Å². The number of hydrogen-bond acceptors (Lipinski definition) is 4. The van der Waals surface area contributed by atoms with Gasteiger partial charge in [0.1, 0.15) is 11.6 Å². The molecule has 0 aliphatic rings. The van der Waals surface area contributed by atoms with Crippen molar-refractivity contribution in [1.29, 1.82) is 0 Å². The zero-order valence-corrected chi connectivity index (χ0v) is 13.1. The Morgan fingerprint density at radius 1 is 1.33 bits per heavy atom. The topological polar surface area (TPSA) is 57.3 Å². The fourth-order valence-corrected chi connectivity index (χ4v) is 1.85. The van der Waals surface area contributed by atoms with Crippen molar-refractivity contribution in [2.45, 2.75) is 26.2 Å². The number of anilines is 1. The lowest BCUT2D eigenvalue weighted by Crippen LogP contribution is -2.26. The molecular formula is C15H25FN4O. The first-order valence-electron chi connectivity index (χ1n) is 7.37. The maximum Gasteiger partial charge on any atom is 0.255 e. The third kappa shape index (κ3) is 6.53. The molecule has 1 aromatic heterocycles. The number of rotatable bonds is 9. The van der Waals surface area contributed by atoms with E-state index in [9.17, 15) is 9.18 Å². The quantitative estimate of drug-likeness (QED) is 0.685. The van der Waals surface area contributed by atoms with Crippen LogP contribution in [0.5, 0.6) is 0 Å². The van der Waals surface area contributed by atoms with E-state index >= 15 is 0 Å². The zero-order valence-electron chi connectivity index (χ0n) is 13.1. The molecule has 0 aromatic carbocycles. The van der Waals surface area contributed by atoms with Crippen molar-refractivity contribution < 1.29 is 9.18 Å². The van der Waals surface area contributed by atoms with Gasteiger partial charge >= 0.3 is 0 Å². The minimum absolute atomic E-state index is 0.260. The molecule has 5 nitrogen and oxygen atoms in total. The number of unbranched alkanes of at least 4 members (excludes halogenated alkanes) is 1.